The molecule has 0 amide bonds. The van der Waals surface area contributed by atoms with Crippen molar-refractivity contribution >= 4 is 21.7 Å². The third kappa shape index (κ3) is 3.45. The molecule has 6 nitrogen and oxygen atoms in total. The van der Waals surface area contributed by atoms with Crippen LogP contribution in [0, 0.1) is 11.3 Å². The molecule has 0 aliphatic heterocycles. The van der Waals surface area contributed by atoms with Gasteiger partial charge in [-0.25, -0.2) is 8.42 Å². The van der Waals surface area contributed by atoms with Gasteiger partial charge in [0.05, 0.1) is 18.2 Å². The van der Waals surface area contributed by atoms with Crippen molar-refractivity contribution in [1.82, 2.24) is 0 Å². The average Bonchev–Trinajstić information content (AvgIpc) is 2.39. The number of para-hydroxylation sites is 1. The summed E-state index contributed by atoms with van der Waals surface area (Å²) in [5.41, 5.74) is 0.353. The molecule has 102 valence electrons. The summed E-state index contributed by atoms with van der Waals surface area (Å²) < 4.78 is 25.4. The van der Waals surface area contributed by atoms with Crippen LogP contribution in [0.1, 0.15) is 13.3 Å². The Morgan fingerprint density at radius 2 is 2.00 bits per heavy atom. The van der Waals surface area contributed by atoms with Crippen molar-refractivity contribution in [3.8, 4) is 6.07 Å². The SMILES string of the molecule is CC(C(=O)O)S(=O)(=O)N(CCC#N)c1ccccc1. The molecule has 19 heavy (non-hydrogen) atoms. The topological polar surface area (TPSA) is 98.5 Å². The molecule has 0 aromatic heterocycles. The van der Waals surface area contributed by atoms with E-state index in [-0.39, 0.29) is 13.0 Å². The zero-order valence-electron chi connectivity index (χ0n) is 10.4. The molecular weight excluding hydrogens is 268 g/mol. The molecule has 1 aromatic carbocycles. The van der Waals surface area contributed by atoms with Crippen LogP contribution in [-0.4, -0.2) is 31.3 Å². The Morgan fingerprint density at radius 1 is 1.42 bits per heavy atom. The number of carboxylic acid groups (broad SMARTS) is 1. The molecule has 1 unspecified atom stereocenters. The van der Waals surface area contributed by atoms with Crippen LogP contribution in [0.4, 0.5) is 5.69 Å². The monoisotopic (exact) mass is 282 g/mol. The lowest BCUT2D eigenvalue weighted by Crippen LogP contribution is -2.41. The van der Waals surface area contributed by atoms with Crippen molar-refractivity contribution < 1.29 is 18.3 Å². The number of hydrogen-bond donors (Lipinski definition) is 1. The van der Waals surface area contributed by atoms with Crippen molar-refractivity contribution in [3.63, 3.8) is 0 Å². The Hall–Kier alpha value is -2.07. The maximum atomic E-state index is 12.2. The highest BCUT2D eigenvalue weighted by molar-refractivity contribution is 7.94. The maximum absolute atomic E-state index is 12.2. The summed E-state index contributed by atoms with van der Waals surface area (Å²) in [5, 5.41) is 15.9. The number of hydrogen-bond acceptors (Lipinski definition) is 4. The Morgan fingerprint density at radius 3 is 2.47 bits per heavy atom. The highest BCUT2D eigenvalue weighted by Gasteiger charge is 2.33. The summed E-state index contributed by atoms with van der Waals surface area (Å²) in [5.74, 6) is -1.42. The molecule has 0 aliphatic rings. The van der Waals surface area contributed by atoms with E-state index in [9.17, 15) is 13.2 Å². The van der Waals surface area contributed by atoms with Gasteiger partial charge in [0.15, 0.2) is 5.25 Å². The lowest BCUT2D eigenvalue weighted by molar-refractivity contribution is -0.136. The van der Waals surface area contributed by atoms with E-state index in [1.807, 2.05) is 6.07 Å². The quantitative estimate of drug-likeness (QED) is 0.845. The van der Waals surface area contributed by atoms with E-state index in [1.54, 1.807) is 30.3 Å². The molecule has 0 bridgehead atoms. The second-order valence-corrected chi connectivity index (χ2v) is 6.02. The lowest BCUT2D eigenvalue weighted by atomic mass is 10.3. The molecule has 1 atom stereocenters. The van der Waals surface area contributed by atoms with Gasteiger partial charge in [-0.3, -0.25) is 9.10 Å². The van der Waals surface area contributed by atoms with Crippen molar-refractivity contribution in [3.05, 3.63) is 30.3 Å². The van der Waals surface area contributed by atoms with Crippen LogP contribution in [0.25, 0.3) is 0 Å². The summed E-state index contributed by atoms with van der Waals surface area (Å²) in [6.45, 7) is 1.04. The largest absolute Gasteiger partial charge is 0.480 e. The minimum atomic E-state index is -4.04. The standard InChI is InChI=1S/C12H14N2O4S/c1-10(12(15)16)19(17,18)14(9-5-8-13)11-6-3-2-4-7-11/h2-4,6-7,10H,5,9H2,1H3,(H,15,16). The lowest BCUT2D eigenvalue weighted by Gasteiger charge is -2.25. The van der Waals surface area contributed by atoms with Gasteiger partial charge in [-0.1, -0.05) is 18.2 Å². The fourth-order valence-corrected chi connectivity index (χ4v) is 2.87. The smallest absolute Gasteiger partial charge is 0.323 e. The molecule has 1 rings (SSSR count). The normalized spacial score (nSPS) is 12.4. The van der Waals surface area contributed by atoms with Crippen LogP contribution in [0.2, 0.25) is 0 Å². The number of carboxylic acids is 1. The number of carbonyl (C=O) groups is 1. The van der Waals surface area contributed by atoms with Gasteiger partial charge in [-0.2, -0.15) is 5.26 Å². The maximum Gasteiger partial charge on any atom is 0.323 e. The first-order chi connectivity index (χ1) is 8.91. The summed E-state index contributed by atoms with van der Waals surface area (Å²) >= 11 is 0. The highest BCUT2D eigenvalue weighted by Crippen LogP contribution is 2.21. The summed E-state index contributed by atoms with van der Waals surface area (Å²) in [7, 11) is -4.04. The van der Waals surface area contributed by atoms with E-state index < -0.39 is 21.2 Å². The number of sulfonamides is 1. The fraction of sp³-hybridized carbons (Fsp3) is 0.333. The molecule has 0 aliphatic carbocycles. The zero-order valence-corrected chi connectivity index (χ0v) is 11.2. The van der Waals surface area contributed by atoms with Crippen LogP contribution in [0.3, 0.4) is 0 Å². The Balaban J connectivity index is 3.19. The number of nitrogens with zero attached hydrogens (tertiary/aromatic N) is 2. The van der Waals surface area contributed by atoms with E-state index in [1.165, 1.54) is 0 Å². The van der Waals surface area contributed by atoms with Crippen LogP contribution < -0.4 is 4.31 Å². The van der Waals surface area contributed by atoms with E-state index in [4.69, 9.17) is 10.4 Å². The third-order valence-corrected chi connectivity index (χ3v) is 4.68. The molecule has 1 N–H and O–H groups in total. The predicted octanol–water partition coefficient (Wildman–Crippen LogP) is 1.21. The minimum absolute atomic E-state index is 0.0134. The summed E-state index contributed by atoms with van der Waals surface area (Å²) in [6.07, 6.45) is -0.0134. The van der Waals surface area contributed by atoms with Crippen molar-refractivity contribution in [2.24, 2.45) is 0 Å². The van der Waals surface area contributed by atoms with Crippen LogP contribution in [0.5, 0.6) is 0 Å². The van der Waals surface area contributed by atoms with Gasteiger partial charge < -0.3 is 5.11 Å². The van der Waals surface area contributed by atoms with Crippen LogP contribution >= 0.6 is 0 Å². The number of nitriles is 1. The first-order valence-corrected chi connectivity index (χ1v) is 7.08. The Bertz CT molecular complexity index is 577. The number of anilines is 1. The number of rotatable bonds is 6. The van der Waals surface area contributed by atoms with Crippen molar-refractivity contribution in [1.29, 1.82) is 5.26 Å². The van der Waals surface area contributed by atoms with E-state index in [0.717, 1.165) is 11.2 Å². The third-order valence-electron chi connectivity index (χ3n) is 2.57. The van der Waals surface area contributed by atoms with Crippen LogP contribution in [0.15, 0.2) is 30.3 Å². The summed E-state index contributed by atoms with van der Waals surface area (Å²) in [6, 6.07) is 9.99. The Kier molecular flexibility index (Phi) is 4.89. The highest BCUT2D eigenvalue weighted by atomic mass is 32.2. The second-order valence-electron chi connectivity index (χ2n) is 3.84. The molecular formula is C12H14N2O4S. The molecule has 1 aromatic rings. The van der Waals surface area contributed by atoms with Gasteiger partial charge in [-0.15, -0.1) is 0 Å². The van der Waals surface area contributed by atoms with E-state index in [0.29, 0.717) is 5.69 Å². The van der Waals surface area contributed by atoms with Gasteiger partial charge in [0.2, 0.25) is 10.0 Å². The number of benzene rings is 1. The van der Waals surface area contributed by atoms with Gasteiger partial charge in [0.25, 0.3) is 0 Å². The fourth-order valence-electron chi connectivity index (χ4n) is 1.47. The predicted molar refractivity (Wildman–Crippen MR) is 70.0 cm³/mol. The molecule has 0 fully saturated rings. The van der Waals surface area contributed by atoms with Crippen molar-refractivity contribution in [2.45, 2.75) is 18.6 Å². The second kappa shape index (κ2) is 6.20. The first-order valence-electron chi connectivity index (χ1n) is 5.57. The molecule has 0 spiro atoms. The molecule has 0 saturated heterocycles. The van der Waals surface area contributed by atoms with Gasteiger partial charge in [0.1, 0.15) is 0 Å². The summed E-state index contributed by atoms with van der Waals surface area (Å²) in [4.78, 5) is 10.9. The molecule has 0 radical (unpaired) electrons. The molecule has 0 heterocycles. The number of aliphatic carboxylic acids is 1. The molecule has 7 heteroatoms. The van der Waals surface area contributed by atoms with Crippen molar-refractivity contribution in [2.75, 3.05) is 10.8 Å². The zero-order chi connectivity index (χ0) is 14.5. The van der Waals surface area contributed by atoms with E-state index >= 15 is 0 Å². The van der Waals surface area contributed by atoms with Gasteiger partial charge in [0, 0.05) is 6.54 Å². The minimum Gasteiger partial charge on any atom is -0.480 e. The Labute approximate surface area is 111 Å². The van der Waals surface area contributed by atoms with Gasteiger partial charge in [-0.05, 0) is 19.1 Å². The van der Waals surface area contributed by atoms with E-state index in [2.05, 4.69) is 0 Å². The van der Waals surface area contributed by atoms with Crippen LogP contribution in [-0.2, 0) is 14.8 Å². The van der Waals surface area contributed by atoms with Gasteiger partial charge >= 0.3 is 5.97 Å². The average molecular weight is 282 g/mol. The first kappa shape index (κ1) is 15.0. The molecule has 0 saturated carbocycles.